The summed E-state index contributed by atoms with van der Waals surface area (Å²) in [4.78, 5) is 9.75. The maximum absolute atomic E-state index is 9.75. The van der Waals surface area contributed by atoms with Crippen LogP contribution in [0, 0.1) is 5.92 Å². The van der Waals surface area contributed by atoms with E-state index >= 15 is 0 Å². The minimum absolute atomic E-state index is 0.329. The number of carbonyl (C=O) groups is 1. The highest BCUT2D eigenvalue weighted by atomic mass is 16.5. The first-order valence-corrected chi connectivity index (χ1v) is 5.67. The van der Waals surface area contributed by atoms with E-state index in [0.717, 1.165) is 12.2 Å². The minimum Gasteiger partial charge on any atom is -0.435 e. The van der Waals surface area contributed by atoms with Crippen LogP contribution in [0.25, 0.3) is 6.08 Å². The highest BCUT2D eigenvalue weighted by molar-refractivity contribution is 5.66. The van der Waals surface area contributed by atoms with Crippen molar-refractivity contribution in [2.75, 3.05) is 0 Å². The molecule has 0 N–H and O–H groups in total. The molecule has 0 heterocycles. The first-order chi connectivity index (χ1) is 8.13. The van der Waals surface area contributed by atoms with Crippen LogP contribution in [0.3, 0.4) is 0 Å². The van der Waals surface area contributed by atoms with Crippen molar-refractivity contribution in [3.05, 3.63) is 54.3 Å². The molecule has 0 amide bonds. The Morgan fingerprint density at radius 1 is 1.41 bits per heavy atom. The Morgan fingerprint density at radius 3 is 2.35 bits per heavy atom. The van der Waals surface area contributed by atoms with E-state index in [1.165, 1.54) is 18.9 Å². The summed E-state index contributed by atoms with van der Waals surface area (Å²) in [6.07, 6.45) is 4.70. The number of rotatable bonds is 2. The predicted molar refractivity (Wildman–Crippen MR) is 70.2 cm³/mol. The highest BCUT2D eigenvalue weighted by Gasteiger charge is 2.23. The molecule has 1 atom stereocenters. The monoisotopic (exact) mass is 230 g/mol. The maximum Gasteiger partial charge on any atom is 0.307 e. The van der Waals surface area contributed by atoms with Crippen molar-refractivity contribution in [1.29, 1.82) is 0 Å². The average Bonchev–Trinajstić information content (AvgIpc) is 2.96. The molecular formula is C15H18O2. The average molecular weight is 230 g/mol. The summed E-state index contributed by atoms with van der Waals surface area (Å²) in [6.45, 7) is 6.75. The van der Waals surface area contributed by atoms with E-state index in [9.17, 15) is 4.79 Å². The normalized spacial score (nSPS) is 18.9. The van der Waals surface area contributed by atoms with E-state index in [1.54, 1.807) is 5.57 Å². The molecule has 1 aromatic carbocycles. The molecule has 0 aliphatic heterocycles. The topological polar surface area (TPSA) is 26.3 Å². The predicted octanol–water partition coefficient (Wildman–Crippen LogP) is 3.80. The van der Waals surface area contributed by atoms with Crippen LogP contribution in [0.15, 0.2) is 48.7 Å². The van der Waals surface area contributed by atoms with Crippen LogP contribution < -0.4 is 0 Å². The van der Waals surface area contributed by atoms with E-state index in [1.807, 2.05) is 0 Å². The van der Waals surface area contributed by atoms with Gasteiger partial charge in [0.1, 0.15) is 0 Å². The van der Waals surface area contributed by atoms with Crippen LogP contribution in [0.1, 0.15) is 25.8 Å². The lowest BCUT2D eigenvalue weighted by atomic mass is 10.2. The van der Waals surface area contributed by atoms with E-state index < -0.39 is 0 Å². The molecule has 2 nitrogen and oxygen atoms in total. The van der Waals surface area contributed by atoms with Crippen LogP contribution >= 0.6 is 0 Å². The van der Waals surface area contributed by atoms with Gasteiger partial charge in [0.15, 0.2) is 0 Å². The van der Waals surface area contributed by atoms with Gasteiger partial charge in [0, 0.05) is 6.92 Å². The zero-order valence-electron chi connectivity index (χ0n) is 10.3. The Bertz CT molecular complexity index is 404. The van der Waals surface area contributed by atoms with Gasteiger partial charge in [-0.3, -0.25) is 4.79 Å². The molecule has 0 aromatic heterocycles. The van der Waals surface area contributed by atoms with Gasteiger partial charge in [-0.05, 0) is 17.9 Å². The molecule has 1 aromatic rings. The number of benzene rings is 1. The summed E-state index contributed by atoms with van der Waals surface area (Å²) in [6, 6.07) is 10.5. The van der Waals surface area contributed by atoms with Crippen LogP contribution in [-0.2, 0) is 9.53 Å². The van der Waals surface area contributed by atoms with Crippen molar-refractivity contribution in [3.63, 3.8) is 0 Å². The van der Waals surface area contributed by atoms with Crippen LogP contribution in [-0.4, -0.2) is 5.97 Å². The van der Waals surface area contributed by atoms with Gasteiger partial charge in [-0.1, -0.05) is 55.5 Å². The van der Waals surface area contributed by atoms with Gasteiger partial charge in [0.05, 0.1) is 6.26 Å². The summed E-state index contributed by atoms with van der Waals surface area (Å²) in [7, 11) is 0. The van der Waals surface area contributed by atoms with Crippen molar-refractivity contribution < 1.29 is 9.53 Å². The van der Waals surface area contributed by atoms with Crippen molar-refractivity contribution in [2.45, 2.75) is 20.3 Å². The fraction of sp³-hybridized carbons (Fsp3) is 0.267. The number of esters is 1. The largest absolute Gasteiger partial charge is 0.435 e. The van der Waals surface area contributed by atoms with Crippen molar-refractivity contribution in [2.24, 2.45) is 5.92 Å². The van der Waals surface area contributed by atoms with Gasteiger partial charge in [-0.25, -0.2) is 0 Å². The smallest absolute Gasteiger partial charge is 0.307 e. The number of carbonyl (C=O) groups excluding carboxylic acids is 1. The molecule has 1 saturated carbocycles. The van der Waals surface area contributed by atoms with Crippen molar-refractivity contribution >= 4 is 12.0 Å². The molecule has 2 rings (SSSR count). The zero-order chi connectivity index (χ0) is 12.7. The Balaban J connectivity index is 0.000000209. The van der Waals surface area contributed by atoms with E-state index in [2.05, 4.69) is 54.6 Å². The molecule has 0 bridgehead atoms. The number of allylic oxidation sites excluding steroid dienone is 1. The molecule has 2 heteroatoms. The second-order valence-electron chi connectivity index (χ2n) is 4.01. The SMILES string of the molecule is C=COC(C)=O.CC1CC1=Cc1ccccc1. The number of hydrogen-bond donors (Lipinski definition) is 0. The Hall–Kier alpha value is -1.83. The maximum atomic E-state index is 9.75. The molecule has 90 valence electrons. The molecule has 0 spiro atoms. The summed E-state index contributed by atoms with van der Waals surface area (Å²) in [5, 5.41) is 0. The molecule has 1 fully saturated rings. The van der Waals surface area contributed by atoms with Crippen LogP contribution in [0.4, 0.5) is 0 Å². The zero-order valence-corrected chi connectivity index (χ0v) is 10.3. The lowest BCUT2D eigenvalue weighted by Gasteiger charge is -1.88. The quantitative estimate of drug-likeness (QED) is 0.570. The lowest BCUT2D eigenvalue weighted by Crippen LogP contribution is -1.87. The number of hydrogen-bond acceptors (Lipinski definition) is 2. The molecule has 1 aliphatic rings. The second kappa shape index (κ2) is 6.69. The second-order valence-corrected chi connectivity index (χ2v) is 4.01. The molecule has 0 saturated heterocycles. The van der Waals surface area contributed by atoms with Gasteiger partial charge in [0.25, 0.3) is 0 Å². The number of ether oxygens (including phenoxy) is 1. The minimum atomic E-state index is -0.329. The molecule has 1 unspecified atom stereocenters. The lowest BCUT2D eigenvalue weighted by molar-refractivity contribution is -0.135. The van der Waals surface area contributed by atoms with Gasteiger partial charge in [-0.15, -0.1) is 0 Å². The molecule has 0 radical (unpaired) electrons. The highest BCUT2D eigenvalue weighted by Crippen LogP contribution is 2.38. The van der Waals surface area contributed by atoms with E-state index in [4.69, 9.17) is 0 Å². The van der Waals surface area contributed by atoms with Crippen LogP contribution in [0.5, 0.6) is 0 Å². The third-order valence-electron chi connectivity index (χ3n) is 2.42. The molecule has 1 aliphatic carbocycles. The Morgan fingerprint density at radius 2 is 2.00 bits per heavy atom. The van der Waals surface area contributed by atoms with Crippen molar-refractivity contribution in [3.8, 4) is 0 Å². The third-order valence-corrected chi connectivity index (χ3v) is 2.42. The van der Waals surface area contributed by atoms with Gasteiger partial charge < -0.3 is 4.74 Å². The van der Waals surface area contributed by atoms with E-state index in [-0.39, 0.29) is 5.97 Å². The molecule has 17 heavy (non-hydrogen) atoms. The Kier molecular flexibility index (Phi) is 5.21. The third kappa shape index (κ3) is 5.71. The van der Waals surface area contributed by atoms with Crippen LogP contribution in [0.2, 0.25) is 0 Å². The van der Waals surface area contributed by atoms with Crippen molar-refractivity contribution in [1.82, 2.24) is 0 Å². The molecular weight excluding hydrogens is 212 g/mol. The first kappa shape index (κ1) is 13.2. The van der Waals surface area contributed by atoms with Gasteiger partial charge in [-0.2, -0.15) is 0 Å². The summed E-state index contributed by atoms with van der Waals surface area (Å²) >= 11 is 0. The standard InChI is InChI=1S/C11H12.C4H6O2/c1-9-7-11(9)8-10-5-3-2-4-6-10;1-3-6-4(2)5/h2-6,8-9H,7H2,1H3;3H,1H2,2H3. The summed E-state index contributed by atoms with van der Waals surface area (Å²) in [5.41, 5.74) is 2.93. The first-order valence-electron chi connectivity index (χ1n) is 5.67. The van der Waals surface area contributed by atoms with Gasteiger partial charge in [0.2, 0.25) is 0 Å². The summed E-state index contributed by atoms with van der Waals surface area (Å²) in [5.74, 6) is 0.514. The fourth-order valence-electron chi connectivity index (χ4n) is 1.38. The van der Waals surface area contributed by atoms with E-state index in [0.29, 0.717) is 0 Å². The Labute approximate surface area is 103 Å². The summed E-state index contributed by atoms with van der Waals surface area (Å²) < 4.78 is 4.17. The van der Waals surface area contributed by atoms with Gasteiger partial charge >= 0.3 is 5.97 Å². The fourth-order valence-corrected chi connectivity index (χ4v) is 1.38.